The molecule has 0 saturated heterocycles. The third-order valence-corrected chi connectivity index (χ3v) is 8.80. The highest BCUT2D eigenvalue weighted by molar-refractivity contribution is 7.91. The minimum absolute atomic E-state index is 0.0475. The molecular formula is C38H48F3N3O11S. The van der Waals surface area contributed by atoms with E-state index in [1.165, 1.54) is 32.0 Å². The third-order valence-electron chi connectivity index (χ3n) is 6.98. The van der Waals surface area contributed by atoms with Crippen LogP contribution in [0.2, 0.25) is 0 Å². The summed E-state index contributed by atoms with van der Waals surface area (Å²) >= 11 is 0. The number of anilines is 1. The number of carbonyl (C=O) groups is 4. The number of carboxylic acid groups (broad SMARTS) is 1. The van der Waals surface area contributed by atoms with Gasteiger partial charge in [0.1, 0.15) is 11.4 Å². The van der Waals surface area contributed by atoms with E-state index in [1.54, 1.807) is 63.2 Å². The lowest BCUT2D eigenvalue weighted by atomic mass is 10.1. The number of amides is 3. The van der Waals surface area contributed by atoms with Crippen molar-refractivity contribution in [1.29, 1.82) is 0 Å². The molecule has 1 unspecified atom stereocenters. The Labute approximate surface area is 324 Å². The fraction of sp³-hybridized carbons (Fsp3) is 0.421. The molecular weight excluding hydrogens is 763 g/mol. The maximum atomic E-state index is 13.9. The van der Waals surface area contributed by atoms with E-state index in [9.17, 15) is 36.0 Å². The third kappa shape index (κ3) is 15.7. The minimum Gasteiger partial charge on any atom is -0.490 e. The molecule has 0 radical (unpaired) electrons. The second kappa shape index (κ2) is 20.4. The van der Waals surface area contributed by atoms with Crippen molar-refractivity contribution < 1.29 is 64.8 Å². The highest BCUT2D eigenvalue weighted by atomic mass is 32.2. The molecule has 0 spiro atoms. The van der Waals surface area contributed by atoms with Gasteiger partial charge in [0, 0.05) is 31.3 Å². The number of carbonyl (C=O) groups excluding carboxylic acids is 3. The SMILES string of the molecule is CCOc1cc(C(Oc2ccc(CNC(=O)OC(C)(C)C)cc2)C(=O)NCc2cc(NC(C)=O)ccc2S(=O)(=O)CC)ccc1OC(C)C.O=C(O)C(F)(F)F. The van der Waals surface area contributed by atoms with E-state index < -0.39 is 45.7 Å². The predicted molar refractivity (Wildman–Crippen MR) is 200 cm³/mol. The van der Waals surface area contributed by atoms with Gasteiger partial charge in [0.15, 0.2) is 21.3 Å². The Morgan fingerprint density at radius 3 is 1.98 bits per heavy atom. The van der Waals surface area contributed by atoms with Gasteiger partial charge in [0.05, 0.1) is 23.4 Å². The Kier molecular flexibility index (Phi) is 17.0. The Hall–Kier alpha value is -5.52. The van der Waals surface area contributed by atoms with Crippen molar-refractivity contribution in [3.05, 3.63) is 77.4 Å². The van der Waals surface area contributed by atoms with Crippen molar-refractivity contribution >= 4 is 39.4 Å². The number of hydrogen-bond donors (Lipinski definition) is 4. The van der Waals surface area contributed by atoms with Gasteiger partial charge >= 0.3 is 18.2 Å². The van der Waals surface area contributed by atoms with Gasteiger partial charge < -0.3 is 40.0 Å². The molecule has 308 valence electrons. The molecule has 4 N–H and O–H groups in total. The number of sulfone groups is 1. The van der Waals surface area contributed by atoms with E-state index in [-0.39, 0.29) is 35.7 Å². The number of carboxylic acids is 1. The maximum absolute atomic E-state index is 13.9. The van der Waals surface area contributed by atoms with Crippen molar-refractivity contribution in [3.63, 3.8) is 0 Å². The first kappa shape index (κ1) is 46.6. The van der Waals surface area contributed by atoms with Crippen LogP contribution in [0.3, 0.4) is 0 Å². The molecule has 3 aromatic carbocycles. The van der Waals surface area contributed by atoms with E-state index in [2.05, 4.69) is 16.0 Å². The number of nitrogens with one attached hydrogen (secondary N) is 3. The summed E-state index contributed by atoms with van der Waals surface area (Å²) in [5.41, 5.74) is 1.30. The van der Waals surface area contributed by atoms with Crippen molar-refractivity contribution in [2.24, 2.45) is 0 Å². The number of ether oxygens (including phenoxy) is 4. The number of hydrogen-bond acceptors (Lipinski definition) is 10. The normalized spacial score (nSPS) is 12.0. The second-order valence-electron chi connectivity index (χ2n) is 13.2. The van der Waals surface area contributed by atoms with Crippen LogP contribution in [-0.4, -0.2) is 67.6 Å². The molecule has 0 aromatic heterocycles. The molecule has 14 nitrogen and oxygen atoms in total. The Balaban J connectivity index is 0.00000141. The first-order valence-corrected chi connectivity index (χ1v) is 19.0. The van der Waals surface area contributed by atoms with Crippen molar-refractivity contribution in [2.75, 3.05) is 17.7 Å². The standard InChI is InChI=1S/C36H47N3O9S.C2HF3O2/c1-9-45-31-20-26(13-17-30(31)46-23(3)4)33(47-29-15-11-25(12-16-29)21-38-35(42)48-36(6,7)8)34(41)37-22-27-19-28(39-24(5)40)14-18-32(27)49(43,44)10-2;3-2(4,5)1(6)7/h11-20,23,33H,9-10,21-22H2,1-8H3,(H,37,41)(H,38,42)(H,39,40);(H,6,7). The molecule has 0 aliphatic rings. The second-order valence-corrected chi connectivity index (χ2v) is 15.5. The average Bonchev–Trinajstić information content (AvgIpc) is 3.08. The van der Waals surface area contributed by atoms with Gasteiger partial charge in [-0.3, -0.25) is 9.59 Å². The summed E-state index contributed by atoms with van der Waals surface area (Å²) in [7, 11) is -3.65. The highest BCUT2D eigenvalue weighted by Crippen LogP contribution is 2.34. The summed E-state index contributed by atoms with van der Waals surface area (Å²) < 4.78 is 80.8. The van der Waals surface area contributed by atoms with E-state index >= 15 is 0 Å². The number of halogens is 3. The number of aliphatic carboxylic acids is 1. The number of alkyl halides is 3. The smallest absolute Gasteiger partial charge is 0.490 e. The van der Waals surface area contributed by atoms with Gasteiger partial charge in [0.2, 0.25) is 12.0 Å². The molecule has 3 aromatic rings. The number of benzene rings is 3. The Morgan fingerprint density at radius 2 is 1.46 bits per heavy atom. The van der Waals surface area contributed by atoms with Crippen LogP contribution in [0.25, 0.3) is 0 Å². The summed E-state index contributed by atoms with van der Waals surface area (Å²) in [5, 5.41) is 15.3. The summed E-state index contributed by atoms with van der Waals surface area (Å²) in [5.74, 6) is -2.48. The van der Waals surface area contributed by atoms with Crippen LogP contribution in [0, 0.1) is 0 Å². The van der Waals surface area contributed by atoms with Gasteiger partial charge in [0.25, 0.3) is 5.91 Å². The zero-order valence-electron chi connectivity index (χ0n) is 32.3. The first-order chi connectivity index (χ1) is 25.9. The van der Waals surface area contributed by atoms with Crippen molar-refractivity contribution in [1.82, 2.24) is 10.6 Å². The summed E-state index contributed by atoms with van der Waals surface area (Å²) in [6, 6.07) is 16.4. The van der Waals surface area contributed by atoms with Gasteiger partial charge in [-0.1, -0.05) is 25.1 Å². The molecule has 1 atom stereocenters. The largest absolute Gasteiger partial charge is 0.490 e. The fourth-order valence-electron chi connectivity index (χ4n) is 4.62. The topological polar surface area (TPSA) is 196 Å². The van der Waals surface area contributed by atoms with Gasteiger partial charge in [-0.05, 0) is 95.1 Å². The van der Waals surface area contributed by atoms with Crippen LogP contribution >= 0.6 is 0 Å². The van der Waals surface area contributed by atoms with Crippen LogP contribution in [0.4, 0.5) is 23.7 Å². The van der Waals surface area contributed by atoms with Crippen LogP contribution < -0.4 is 30.2 Å². The summed E-state index contributed by atoms with van der Waals surface area (Å²) in [6.45, 7) is 14.2. The molecule has 3 amide bonds. The lowest BCUT2D eigenvalue weighted by Crippen LogP contribution is -2.32. The van der Waals surface area contributed by atoms with Crippen LogP contribution in [0.1, 0.15) is 78.2 Å². The van der Waals surface area contributed by atoms with Gasteiger partial charge in [-0.2, -0.15) is 13.2 Å². The molecule has 0 bridgehead atoms. The maximum Gasteiger partial charge on any atom is 0.490 e. The first-order valence-electron chi connectivity index (χ1n) is 17.3. The predicted octanol–water partition coefficient (Wildman–Crippen LogP) is 6.72. The van der Waals surface area contributed by atoms with Crippen LogP contribution in [0.15, 0.2) is 65.6 Å². The van der Waals surface area contributed by atoms with E-state index in [1.807, 2.05) is 20.8 Å². The van der Waals surface area contributed by atoms with E-state index in [0.717, 1.165) is 5.56 Å². The molecule has 0 saturated carbocycles. The lowest BCUT2D eigenvalue weighted by molar-refractivity contribution is -0.192. The quantitative estimate of drug-likeness (QED) is 0.127. The minimum atomic E-state index is -5.08. The highest BCUT2D eigenvalue weighted by Gasteiger charge is 2.38. The molecule has 0 heterocycles. The van der Waals surface area contributed by atoms with Gasteiger partial charge in [-0.25, -0.2) is 18.0 Å². The molecule has 18 heteroatoms. The summed E-state index contributed by atoms with van der Waals surface area (Å²) in [4.78, 5) is 46.6. The van der Waals surface area contributed by atoms with Crippen molar-refractivity contribution in [3.8, 4) is 17.2 Å². The zero-order valence-corrected chi connectivity index (χ0v) is 33.1. The number of rotatable bonds is 15. The van der Waals surface area contributed by atoms with E-state index in [4.69, 9.17) is 28.8 Å². The zero-order chi connectivity index (χ0) is 42.4. The van der Waals surface area contributed by atoms with Crippen LogP contribution in [0.5, 0.6) is 17.2 Å². The lowest BCUT2D eigenvalue weighted by Gasteiger charge is -2.22. The summed E-state index contributed by atoms with van der Waals surface area (Å²) in [6.07, 6.45) is -6.94. The van der Waals surface area contributed by atoms with Crippen molar-refractivity contribution in [2.45, 2.75) is 97.4 Å². The molecule has 0 aliphatic heterocycles. The molecule has 0 fully saturated rings. The van der Waals surface area contributed by atoms with Crippen LogP contribution in [-0.2, 0) is 42.0 Å². The molecule has 56 heavy (non-hydrogen) atoms. The number of alkyl carbamates (subject to hydrolysis) is 1. The monoisotopic (exact) mass is 811 g/mol. The van der Waals surface area contributed by atoms with E-state index in [0.29, 0.717) is 40.7 Å². The Bertz CT molecular complexity index is 1930. The Morgan fingerprint density at radius 1 is 0.839 bits per heavy atom. The van der Waals surface area contributed by atoms with Gasteiger partial charge in [-0.15, -0.1) is 0 Å². The molecule has 0 aliphatic carbocycles. The molecule has 3 rings (SSSR count). The average molecular weight is 812 g/mol. The fourth-order valence-corrected chi connectivity index (χ4v) is 5.74.